The lowest BCUT2D eigenvalue weighted by Gasteiger charge is -2.15. The number of amides is 1. The number of benzene rings is 2. The smallest absolute Gasteiger partial charge is 0.242 e. The molecule has 0 radical (unpaired) electrons. The highest BCUT2D eigenvalue weighted by atomic mass is 35.5. The van der Waals surface area contributed by atoms with E-state index in [4.69, 9.17) is 16.3 Å². The van der Waals surface area contributed by atoms with Gasteiger partial charge in [-0.3, -0.25) is 4.79 Å². The molecule has 0 bridgehead atoms. The summed E-state index contributed by atoms with van der Waals surface area (Å²) in [4.78, 5) is 12.3. The van der Waals surface area contributed by atoms with Gasteiger partial charge in [-0.25, -0.2) is 12.7 Å². The Kier molecular flexibility index (Phi) is 7.46. The number of nitrogens with one attached hydrogen (secondary N) is 1. The van der Waals surface area contributed by atoms with Crippen LogP contribution in [-0.2, 0) is 14.8 Å². The van der Waals surface area contributed by atoms with Crippen LogP contribution in [-0.4, -0.2) is 39.3 Å². The number of hydrogen-bond acceptors (Lipinski definition) is 4. The number of sulfonamides is 1. The van der Waals surface area contributed by atoms with Crippen LogP contribution in [0.1, 0.15) is 24.0 Å². The van der Waals surface area contributed by atoms with Crippen LogP contribution in [0.2, 0.25) is 5.02 Å². The van der Waals surface area contributed by atoms with Crippen molar-refractivity contribution in [3.05, 3.63) is 52.5 Å². The molecule has 1 amide bonds. The lowest BCUT2D eigenvalue weighted by molar-refractivity contribution is -0.116. The first-order chi connectivity index (χ1) is 13.1. The molecule has 0 aromatic heterocycles. The van der Waals surface area contributed by atoms with E-state index in [1.54, 1.807) is 31.2 Å². The van der Waals surface area contributed by atoms with Crippen LogP contribution in [0.25, 0.3) is 0 Å². The molecule has 0 fully saturated rings. The Balaban J connectivity index is 1.90. The van der Waals surface area contributed by atoms with Gasteiger partial charge < -0.3 is 10.1 Å². The molecule has 0 unspecified atom stereocenters. The van der Waals surface area contributed by atoms with Crippen LogP contribution in [0.5, 0.6) is 5.75 Å². The number of carbonyl (C=O) groups is 1. The standard InChI is InChI=1S/C20H25ClN2O4S/c1-14-7-8-16(13-19(14)28(25,26)23(3)4)22-20(24)6-5-11-27-17-9-10-18(21)15(2)12-17/h7-10,12-13H,5-6,11H2,1-4H3,(H,22,24). The molecule has 2 aromatic rings. The molecule has 2 aromatic carbocycles. The maximum Gasteiger partial charge on any atom is 0.242 e. The van der Waals surface area contributed by atoms with Crippen LogP contribution in [0.3, 0.4) is 0 Å². The number of hydrogen-bond donors (Lipinski definition) is 1. The van der Waals surface area contributed by atoms with Crippen LogP contribution in [0, 0.1) is 13.8 Å². The fraction of sp³-hybridized carbons (Fsp3) is 0.350. The lowest BCUT2D eigenvalue weighted by atomic mass is 10.2. The summed E-state index contributed by atoms with van der Waals surface area (Å²) < 4.78 is 31.5. The van der Waals surface area contributed by atoms with E-state index in [1.807, 2.05) is 13.0 Å². The second kappa shape index (κ2) is 9.41. The third kappa shape index (κ3) is 5.70. The normalized spacial score (nSPS) is 11.5. The van der Waals surface area contributed by atoms with Crippen molar-refractivity contribution in [1.82, 2.24) is 4.31 Å². The molecule has 28 heavy (non-hydrogen) atoms. The van der Waals surface area contributed by atoms with Crippen molar-refractivity contribution >= 4 is 33.2 Å². The van der Waals surface area contributed by atoms with Gasteiger partial charge in [0, 0.05) is 31.2 Å². The maximum absolute atomic E-state index is 12.4. The quantitative estimate of drug-likeness (QED) is 0.649. The molecule has 1 N–H and O–H groups in total. The number of ether oxygens (including phenoxy) is 1. The Labute approximate surface area is 171 Å². The minimum Gasteiger partial charge on any atom is -0.494 e. The van der Waals surface area contributed by atoms with Gasteiger partial charge in [-0.15, -0.1) is 0 Å². The van der Waals surface area contributed by atoms with E-state index in [9.17, 15) is 13.2 Å². The van der Waals surface area contributed by atoms with Gasteiger partial charge in [0.1, 0.15) is 5.75 Å². The summed E-state index contributed by atoms with van der Waals surface area (Å²) in [6.45, 7) is 4.01. The van der Waals surface area contributed by atoms with Crippen molar-refractivity contribution in [3.8, 4) is 5.75 Å². The van der Waals surface area contributed by atoms with Gasteiger partial charge in [0.25, 0.3) is 0 Å². The van der Waals surface area contributed by atoms with Crippen molar-refractivity contribution in [1.29, 1.82) is 0 Å². The van der Waals surface area contributed by atoms with E-state index >= 15 is 0 Å². The first-order valence-electron chi connectivity index (χ1n) is 8.83. The molecule has 152 valence electrons. The Morgan fingerprint density at radius 2 is 1.82 bits per heavy atom. The molecule has 0 aliphatic heterocycles. The first-order valence-corrected chi connectivity index (χ1v) is 10.6. The van der Waals surface area contributed by atoms with Gasteiger partial charge in [0.2, 0.25) is 15.9 Å². The minimum atomic E-state index is -3.57. The summed E-state index contributed by atoms with van der Waals surface area (Å²) in [5, 5.41) is 3.42. The zero-order valence-electron chi connectivity index (χ0n) is 16.5. The number of rotatable bonds is 8. The molecule has 0 atom stereocenters. The van der Waals surface area contributed by atoms with Gasteiger partial charge >= 0.3 is 0 Å². The molecule has 2 rings (SSSR count). The van der Waals surface area contributed by atoms with Gasteiger partial charge in [0.15, 0.2) is 0 Å². The van der Waals surface area contributed by atoms with Crippen LogP contribution < -0.4 is 10.1 Å². The molecule has 0 spiro atoms. The average molecular weight is 425 g/mol. The van der Waals surface area contributed by atoms with Crippen LogP contribution in [0.15, 0.2) is 41.3 Å². The number of aryl methyl sites for hydroxylation is 2. The molecule has 0 aliphatic carbocycles. The van der Waals surface area contributed by atoms with Crippen molar-refractivity contribution in [3.63, 3.8) is 0 Å². The number of halogens is 1. The zero-order chi connectivity index (χ0) is 20.9. The van der Waals surface area contributed by atoms with Gasteiger partial charge in [-0.1, -0.05) is 17.7 Å². The molecule has 0 saturated heterocycles. The largest absolute Gasteiger partial charge is 0.494 e. The molecule has 6 nitrogen and oxygen atoms in total. The predicted octanol–water partition coefficient (Wildman–Crippen LogP) is 4.00. The highest BCUT2D eigenvalue weighted by molar-refractivity contribution is 7.89. The number of nitrogens with zero attached hydrogens (tertiary/aromatic N) is 1. The fourth-order valence-electron chi connectivity index (χ4n) is 2.51. The Morgan fingerprint density at radius 1 is 1.11 bits per heavy atom. The van der Waals surface area contributed by atoms with E-state index < -0.39 is 10.0 Å². The minimum absolute atomic E-state index is 0.178. The topological polar surface area (TPSA) is 75.7 Å². The fourth-order valence-corrected chi connectivity index (χ4v) is 3.77. The highest BCUT2D eigenvalue weighted by Gasteiger charge is 2.20. The second-order valence-electron chi connectivity index (χ2n) is 6.68. The van der Waals surface area contributed by atoms with Crippen molar-refractivity contribution in [2.75, 3.05) is 26.0 Å². The first kappa shape index (κ1) is 22.2. The summed E-state index contributed by atoms with van der Waals surface area (Å²) in [6, 6.07) is 10.3. The summed E-state index contributed by atoms with van der Waals surface area (Å²) in [6.07, 6.45) is 0.790. The van der Waals surface area contributed by atoms with Crippen molar-refractivity contribution in [2.45, 2.75) is 31.6 Å². The summed E-state index contributed by atoms with van der Waals surface area (Å²) in [5.74, 6) is 0.507. The van der Waals surface area contributed by atoms with Gasteiger partial charge in [-0.2, -0.15) is 0 Å². The summed E-state index contributed by atoms with van der Waals surface area (Å²) in [5.41, 5.74) is 2.00. The van der Waals surface area contributed by atoms with E-state index in [1.165, 1.54) is 20.2 Å². The van der Waals surface area contributed by atoms with Crippen LogP contribution in [0.4, 0.5) is 5.69 Å². The average Bonchev–Trinajstić information content (AvgIpc) is 2.63. The Morgan fingerprint density at radius 3 is 2.46 bits per heavy atom. The molecule has 8 heteroatoms. The number of anilines is 1. The highest BCUT2D eigenvalue weighted by Crippen LogP contribution is 2.23. The van der Waals surface area contributed by atoms with Crippen LogP contribution >= 0.6 is 11.6 Å². The third-order valence-corrected chi connectivity index (χ3v) is 6.56. The zero-order valence-corrected chi connectivity index (χ0v) is 18.0. The number of carbonyl (C=O) groups excluding carboxylic acids is 1. The monoisotopic (exact) mass is 424 g/mol. The molecule has 0 saturated carbocycles. The van der Waals surface area contributed by atoms with E-state index in [0.717, 1.165) is 9.87 Å². The molecular formula is C20H25ClN2O4S. The summed E-state index contributed by atoms with van der Waals surface area (Å²) >= 11 is 5.98. The Bertz CT molecular complexity index is 959. The Hall–Kier alpha value is -2.09. The maximum atomic E-state index is 12.4. The SMILES string of the molecule is Cc1cc(OCCCC(=O)Nc2ccc(C)c(S(=O)(=O)N(C)C)c2)ccc1Cl. The van der Waals surface area contributed by atoms with Gasteiger partial charge in [-0.05, 0) is 61.7 Å². The van der Waals surface area contributed by atoms with E-state index in [2.05, 4.69) is 5.32 Å². The van der Waals surface area contributed by atoms with E-state index in [-0.39, 0.29) is 17.2 Å². The van der Waals surface area contributed by atoms with Gasteiger partial charge in [0.05, 0.1) is 11.5 Å². The molecule has 0 aliphatic rings. The van der Waals surface area contributed by atoms with E-state index in [0.29, 0.717) is 35.1 Å². The third-order valence-electron chi connectivity index (χ3n) is 4.18. The molecular weight excluding hydrogens is 400 g/mol. The summed E-state index contributed by atoms with van der Waals surface area (Å²) in [7, 11) is -0.623. The predicted molar refractivity (Wildman–Crippen MR) is 112 cm³/mol. The molecule has 0 heterocycles. The van der Waals surface area contributed by atoms with Crippen molar-refractivity contribution < 1.29 is 17.9 Å². The second-order valence-corrected chi connectivity index (χ2v) is 9.21. The van der Waals surface area contributed by atoms with Crippen molar-refractivity contribution in [2.24, 2.45) is 0 Å². The lowest BCUT2D eigenvalue weighted by Crippen LogP contribution is -2.23.